The summed E-state index contributed by atoms with van der Waals surface area (Å²) in [5, 5.41) is 0. The van der Waals surface area contributed by atoms with Gasteiger partial charge in [-0.15, -0.1) is 0 Å². The molecule has 4 heteroatoms. The Morgan fingerprint density at radius 3 is 2.86 bits per heavy atom. The monoisotopic (exact) mass is 297 g/mol. The summed E-state index contributed by atoms with van der Waals surface area (Å²) in [5.41, 5.74) is 2.19. The molecule has 0 fully saturated rings. The van der Waals surface area contributed by atoms with Gasteiger partial charge >= 0.3 is 0 Å². The SMILES string of the molecule is Ic1nccc(Cc2cccnc2)n1. The highest BCUT2D eigenvalue weighted by atomic mass is 127. The maximum absolute atomic E-state index is 4.32. The van der Waals surface area contributed by atoms with Gasteiger partial charge in [-0.2, -0.15) is 0 Å². The van der Waals surface area contributed by atoms with Crippen LogP contribution >= 0.6 is 22.6 Å². The number of nitrogens with zero attached hydrogens (tertiary/aromatic N) is 3. The smallest absolute Gasteiger partial charge is 0.190 e. The highest BCUT2D eigenvalue weighted by Gasteiger charge is 1.98. The maximum atomic E-state index is 4.32. The highest BCUT2D eigenvalue weighted by Crippen LogP contribution is 2.06. The highest BCUT2D eigenvalue weighted by molar-refractivity contribution is 14.1. The molecule has 70 valence electrons. The molecule has 3 nitrogen and oxygen atoms in total. The van der Waals surface area contributed by atoms with E-state index in [0.717, 1.165) is 15.9 Å². The summed E-state index contributed by atoms with van der Waals surface area (Å²) in [6.45, 7) is 0. The Morgan fingerprint density at radius 1 is 1.21 bits per heavy atom. The van der Waals surface area contributed by atoms with Crippen LogP contribution in [0.1, 0.15) is 11.3 Å². The van der Waals surface area contributed by atoms with Gasteiger partial charge in [0.2, 0.25) is 0 Å². The summed E-state index contributed by atoms with van der Waals surface area (Å²) in [5.74, 6) is 0. The van der Waals surface area contributed by atoms with Gasteiger partial charge in [-0.25, -0.2) is 9.97 Å². The van der Waals surface area contributed by atoms with E-state index in [1.54, 1.807) is 12.4 Å². The molecule has 0 amide bonds. The van der Waals surface area contributed by atoms with Crippen molar-refractivity contribution in [3.8, 4) is 0 Å². The molecule has 2 aromatic heterocycles. The maximum Gasteiger partial charge on any atom is 0.190 e. The number of halogens is 1. The molecule has 2 rings (SSSR count). The first-order valence-corrected chi connectivity index (χ1v) is 5.29. The molecule has 0 saturated carbocycles. The van der Waals surface area contributed by atoms with E-state index in [0.29, 0.717) is 0 Å². The lowest BCUT2D eigenvalue weighted by atomic mass is 10.1. The number of rotatable bonds is 2. The fourth-order valence-corrected chi connectivity index (χ4v) is 1.65. The van der Waals surface area contributed by atoms with Crippen molar-refractivity contribution in [3.05, 3.63) is 51.9 Å². The standard InChI is InChI=1S/C10H8IN3/c11-10-13-5-3-9(14-10)6-8-2-1-4-12-7-8/h1-5,7H,6H2. The summed E-state index contributed by atoms with van der Waals surface area (Å²) in [6.07, 6.45) is 6.22. The molecule has 0 unspecified atom stereocenters. The molecule has 0 aliphatic heterocycles. The molecule has 0 atom stereocenters. The van der Waals surface area contributed by atoms with Gasteiger partial charge in [-0.3, -0.25) is 4.98 Å². The first kappa shape index (κ1) is 9.51. The Balaban J connectivity index is 2.19. The quantitative estimate of drug-likeness (QED) is 0.629. The molecule has 0 aliphatic rings. The van der Waals surface area contributed by atoms with Crippen LogP contribution in [0.15, 0.2) is 36.8 Å². The van der Waals surface area contributed by atoms with E-state index in [9.17, 15) is 0 Å². The molecule has 0 N–H and O–H groups in total. The van der Waals surface area contributed by atoms with Crippen LogP contribution in [0, 0.1) is 3.83 Å². The second-order valence-electron chi connectivity index (χ2n) is 2.86. The third-order valence-corrected chi connectivity index (χ3v) is 2.31. The third-order valence-electron chi connectivity index (χ3n) is 1.79. The summed E-state index contributed by atoms with van der Waals surface area (Å²) in [7, 11) is 0. The van der Waals surface area contributed by atoms with E-state index in [-0.39, 0.29) is 0 Å². The summed E-state index contributed by atoms with van der Waals surface area (Å²) in [6, 6.07) is 5.90. The van der Waals surface area contributed by atoms with E-state index in [1.807, 2.05) is 24.4 Å². The van der Waals surface area contributed by atoms with Crippen molar-refractivity contribution in [2.75, 3.05) is 0 Å². The third kappa shape index (κ3) is 2.47. The van der Waals surface area contributed by atoms with Gasteiger partial charge in [0, 0.05) is 53.3 Å². The normalized spacial score (nSPS) is 10.1. The van der Waals surface area contributed by atoms with Crippen molar-refractivity contribution in [3.63, 3.8) is 0 Å². The second kappa shape index (κ2) is 4.45. The minimum Gasteiger partial charge on any atom is -0.264 e. The lowest BCUT2D eigenvalue weighted by Crippen LogP contribution is -1.95. The van der Waals surface area contributed by atoms with Crippen molar-refractivity contribution in [1.82, 2.24) is 15.0 Å². The van der Waals surface area contributed by atoms with Crippen LogP contribution in [-0.4, -0.2) is 15.0 Å². The molecule has 14 heavy (non-hydrogen) atoms. The van der Waals surface area contributed by atoms with Gasteiger partial charge in [-0.05, 0) is 17.7 Å². The number of aromatic nitrogens is 3. The van der Waals surface area contributed by atoms with Crippen molar-refractivity contribution in [2.24, 2.45) is 0 Å². The van der Waals surface area contributed by atoms with Crippen LogP contribution < -0.4 is 0 Å². The van der Waals surface area contributed by atoms with E-state index < -0.39 is 0 Å². The Morgan fingerprint density at radius 2 is 2.14 bits per heavy atom. The number of hydrogen-bond acceptors (Lipinski definition) is 3. The molecule has 0 saturated heterocycles. The molecular formula is C10H8IN3. The zero-order chi connectivity index (χ0) is 9.80. The predicted octanol–water partition coefficient (Wildman–Crippen LogP) is 2.07. The predicted molar refractivity (Wildman–Crippen MR) is 61.8 cm³/mol. The van der Waals surface area contributed by atoms with Crippen LogP contribution in [0.25, 0.3) is 0 Å². The van der Waals surface area contributed by atoms with Crippen LogP contribution in [0.4, 0.5) is 0 Å². The average molecular weight is 297 g/mol. The molecule has 0 spiro atoms. The lowest BCUT2D eigenvalue weighted by molar-refractivity contribution is 0.987. The molecule has 0 aliphatic carbocycles. The minimum atomic E-state index is 0.781. The number of hydrogen-bond donors (Lipinski definition) is 0. The van der Waals surface area contributed by atoms with Gasteiger partial charge in [0.15, 0.2) is 3.83 Å². The van der Waals surface area contributed by atoms with Crippen molar-refractivity contribution >= 4 is 22.6 Å². The first-order valence-electron chi connectivity index (χ1n) is 4.21. The summed E-state index contributed by atoms with van der Waals surface area (Å²) in [4.78, 5) is 12.4. The molecule has 2 aromatic rings. The minimum absolute atomic E-state index is 0.781. The average Bonchev–Trinajstić information content (AvgIpc) is 2.19. The summed E-state index contributed by atoms with van der Waals surface area (Å²) < 4.78 is 0.781. The molecule has 0 aromatic carbocycles. The van der Waals surface area contributed by atoms with Crippen LogP contribution in [-0.2, 0) is 6.42 Å². The van der Waals surface area contributed by atoms with Crippen LogP contribution in [0.3, 0.4) is 0 Å². The fraction of sp³-hybridized carbons (Fsp3) is 0.100. The zero-order valence-electron chi connectivity index (χ0n) is 7.39. The van der Waals surface area contributed by atoms with Crippen LogP contribution in [0.5, 0.6) is 0 Å². The van der Waals surface area contributed by atoms with Gasteiger partial charge in [0.05, 0.1) is 0 Å². The first-order chi connectivity index (χ1) is 6.84. The molecule has 0 bridgehead atoms. The van der Waals surface area contributed by atoms with E-state index in [1.165, 1.54) is 5.56 Å². The van der Waals surface area contributed by atoms with E-state index in [4.69, 9.17) is 0 Å². The van der Waals surface area contributed by atoms with Gasteiger partial charge in [0.1, 0.15) is 0 Å². The van der Waals surface area contributed by atoms with Crippen molar-refractivity contribution in [1.29, 1.82) is 0 Å². The van der Waals surface area contributed by atoms with E-state index >= 15 is 0 Å². The molecule has 0 radical (unpaired) electrons. The van der Waals surface area contributed by atoms with Gasteiger partial charge < -0.3 is 0 Å². The van der Waals surface area contributed by atoms with Gasteiger partial charge in [-0.1, -0.05) is 6.07 Å². The van der Waals surface area contributed by atoms with E-state index in [2.05, 4.69) is 37.5 Å². The lowest BCUT2D eigenvalue weighted by Gasteiger charge is -1.99. The Bertz CT molecular complexity index is 417. The van der Waals surface area contributed by atoms with Crippen molar-refractivity contribution in [2.45, 2.75) is 6.42 Å². The van der Waals surface area contributed by atoms with Crippen LogP contribution in [0.2, 0.25) is 0 Å². The molecular weight excluding hydrogens is 289 g/mol. The summed E-state index contributed by atoms with van der Waals surface area (Å²) >= 11 is 2.11. The van der Waals surface area contributed by atoms with Crippen molar-refractivity contribution < 1.29 is 0 Å². The topological polar surface area (TPSA) is 38.7 Å². The Hall–Kier alpha value is -1.04. The van der Waals surface area contributed by atoms with Gasteiger partial charge in [0.25, 0.3) is 0 Å². The number of pyridine rings is 1. The Kier molecular flexibility index (Phi) is 3.03. The largest absolute Gasteiger partial charge is 0.264 e. The molecule has 2 heterocycles. The zero-order valence-corrected chi connectivity index (χ0v) is 9.55. The second-order valence-corrected chi connectivity index (χ2v) is 3.82. The fourth-order valence-electron chi connectivity index (χ4n) is 1.18. The Labute approximate surface area is 95.8 Å².